The van der Waals surface area contributed by atoms with E-state index in [1.165, 1.54) is 43.1 Å². The van der Waals surface area contributed by atoms with Gasteiger partial charge in [-0.05, 0) is 38.6 Å². The summed E-state index contributed by atoms with van der Waals surface area (Å²) in [6, 6.07) is 0. The SMILES string of the molecule is Cc1nc2c(s1)C1(CCC2)CNCC1C. The predicted octanol–water partition coefficient (Wildman–Crippen LogP) is 2.26. The third-order valence-corrected chi connectivity index (χ3v) is 5.36. The van der Waals surface area contributed by atoms with Gasteiger partial charge in [0.15, 0.2) is 0 Å². The summed E-state index contributed by atoms with van der Waals surface area (Å²) in [5.41, 5.74) is 1.83. The first-order valence-electron chi connectivity index (χ1n) is 5.90. The molecule has 0 saturated carbocycles. The highest BCUT2D eigenvalue weighted by Gasteiger charge is 2.46. The fourth-order valence-corrected chi connectivity index (χ4v) is 4.53. The lowest BCUT2D eigenvalue weighted by molar-refractivity contribution is 0.318. The molecule has 1 fully saturated rings. The number of fused-ring (bicyclic) bond motifs is 2. The third-order valence-electron chi connectivity index (χ3n) is 4.13. The van der Waals surface area contributed by atoms with E-state index in [-0.39, 0.29) is 0 Å². The van der Waals surface area contributed by atoms with Gasteiger partial charge in [-0.25, -0.2) is 4.98 Å². The van der Waals surface area contributed by atoms with Gasteiger partial charge in [0.1, 0.15) is 0 Å². The zero-order valence-electron chi connectivity index (χ0n) is 9.47. The van der Waals surface area contributed by atoms with E-state index in [1.807, 2.05) is 11.3 Å². The van der Waals surface area contributed by atoms with Crippen LogP contribution in [-0.4, -0.2) is 18.1 Å². The lowest BCUT2D eigenvalue weighted by Crippen LogP contribution is -2.36. The zero-order valence-corrected chi connectivity index (χ0v) is 10.3. The van der Waals surface area contributed by atoms with Crippen LogP contribution in [0.4, 0.5) is 0 Å². The molecule has 3 heteroatoms. The Labute approximate surface area is 95.1 Å². The predicted molar refractivity (Wildman–Crippen MR) is 63.5 cm³/mol. The van der Waals surface area contributed by atoms with Crippen molar-refractivity contribution in [3.8, 4) is 0 Å². The molecule has 1 aliphatic heterocycles. The summed E-state index contributed by atoms with van der Waals surface area (Å²) in [6.07, 6.45) is 3.88. The minimum atomic E-state index is 0.430. The Morgan fingerprint density at radius 3 is 3.13 bits per heavy atom. The van der Waals surface area contributed by atoms with Crippen LogP contribution in [0.25, 0.3) is 0 Å². The molecule has 3 rings (SSSR count). The second kappa shape index (κ2) is 3.29. The molecular weight excluding hydrogens is 204 g/mol. The van der Waals surface area contributed by atoms with Crippen molar-refractivity contribution in [3.05, 3.63) is 15.6 Å². The fraction of sp³-hybridized carbons (Fsp3) is 0.750. The van der Waals surface area contributed by atoms with Crippen molar-refractivity contribution in [3.63, 3.8) is 0 Å². The van der Waals surface area contributed by atoms with Crippen LogP contribution in [0.5, 0.6) is 0 Å². The molecule has 1 aromatic heterocycles. The Morgan fingerprint density at radius 2 is 2.40 bits per heavy atom. The van der Waals surface area contributed by atoms with Crippen LogP contribution in [0.15, 0.2) is 0 Å². The molecule has 2 unspecified atom stereocenters. The Kier molecular flexibility index (Phi) is 2.15. The molecule has 15 heavy (non-hydrogen) atoms. The quantitative estimate of drug-likeness (QED) is 0.728. The standard InChI is InChI=1S/C12H18N2S/c1-8-6-13-7-12(8)5-3-4-10-11(12)15-9(2)14-10/h8,13H,3-7H2,1-2H3. The lowest BCUT2D eigenvalue weighted by Gasteiger charge is -2.35. The number of hydrogen-bond acceptors (Lipinski definition) is 3. The molecule has 2 aliphatic rings. The molecular formula is C12H18N2S. The van der Waals surface area contributed by atoms with E-state index in [4.69, 9.17) is 4.98 Å². The highest BCUT2D eigenvalue weighted by Crippen LogP contribution is 2.47. The van der Waals surface area contributed by atoms with Crippen molar-refractivity contribution in [2.45, 2.75) is 38.5 Å². The summed E-state index contributed by atoms with van der Waals surface area (Å²) < 4.78 is 0. The molecule has 82 valence electrons. The van der Waals surface area contributed by atoms with E-state index in [2.05, 4.69) is 19.2 Å². The molecule has 0 aromatic carbocycles. The summed E-state index contributed by atoms with van der Waals surface area (Å²) >= 11 is 1.94. The Morgan fingerprint density at radius 1 is 1.53 bits per heavy atom. The van der Waals surface area contributed by atoms with Gasteiger partial charge in [-0.2, -0.15) is 0 Å². The van der Waals surface area contributed by atoms with Gasteiger partial charge in [0.2, 0.25) is 0 Å². The maximum absolute atomic E-state index is 4.70. The second-order valence-electron chi connectivity index (χ2n) is 5.05. The summed E-state index contributed by atoms with van der Waals surface area (Å²) in [7, 11) is 0. The smallest absolute Gasteiger partial charge is 0.0900 e. The molecule has 1 spiro atoms. The maximum Gasteiger partial charge on any atom is 0.0900 e. The van der Waals surface area contributed by atoms with E-state index >= 15 is 0 Å². The van der Waals surface area contributed by atoms with Gasteiger partial charge < -0.3 is 5.32 Å². The van der Waals surface area contributed by atoms with Crippen molar-refractivity contribution in [1.82, 2.24) is 10.3 Å². The number of aromatic nitrogens is 1. The largest absolute Gasteiger partial charge is 0.316 e. The molecule has 0 amide bonds. The zero-order chi connectivity index (χ0) is 10.5. The molecule has 2 atom stereocenters. The summed E-state index contributed by atoms with van der Waals surface area (Å²) in [4.78, 5) is 6.30. The first-order chi connectivity index (χ1) is 7.22. The normalized spacial score (nSPS) is 34.7. The van der Waals surface area contributed by atoms with Gasteiger partial charge in [0.25, 0.3) is 0 Å². The molecule has 0 bridgehead atoms. The van der Waals surface area contributed by atoms with Gasteiger partial charge in [0.05, 0.1) is 10.7 Å². The fourth-order valence-electron chi connectivity index (χ4n) is 3.23. The molecule has 1 aliphatic carbocycles. The molecule has 1 saturated heterocycles. The van der Waals surface area contributed by atoms with Crippen molar-refractivity contribution < 1.29 is 0 Å². The second-order valence-corrected chi connectivity index (χ2v) is 6.25. The highest BCUT2D eigenvalue weighted by molar-refractivity contribution is 7.11. The van der Waals surface area contributed by atoms with Crippen molar-refractivity contribution in [2.24, 2.45) is 5.92 Å². The number of nitrogens with zero attached hydrogens (tertiary/aromatic N) is 1. The van der Waals surface area contributed by atoms with E-state index < -0.39 is 0 Å². The number of thiazole rings is 1. The topological polar surface area (TPSA) is 24.9 Å². The monoisotopic (exact) mass is 222 g/mol. The Hall–Kier alpha value is -0.410. The Bertz CT molecular complexity index is 385. The Balaban J connectivity index is 2.12. The van der Waals surface area contributed by atoms with Crippen LogP contribution in [0.1, 0.15) is 35.3 Å². The maximum atomic E-state index is 4.70. The number of nitrogens with one attached hydrogen (secondary N) is 1. The summed E-state index contributed by atoms with van der Waals surface area (Å²) in [5, 5.41) is 4.81. The third kappa shape index (κ3) is 1.29. The summed E-state index contributed by atoms with van der Waals surface area (Å²) in [5.74, 6) is 0.774. The minimum Gasteiger partial charge on any atom is -0.316 e. The average molecular weight is 222 g/mol. The molecule has 1 N–H and O–H groups in total. The van der Waals surface area contributed by atoms with Crippen molar-refractivity contribution in [1.29, 1.82) is 0 Å². The van der Waals surface area contributed by atoms with Crippen molar-refractivity contribution in [2.75, 3.05) is 13.1 Å². The van der Waals surface area contributed by atoms with Crippen molar-refractivity contribution >= 4 is 11.3 Å². The van der Waals surface area contributed by atoms with E-state index in [0.29, 0.717) is 5.41 Å². The van der Waals surface area contributed by atoms with Crippen LogP contribution in [-0.2, 0) is 11.8 Å². The van der Waals surface area contributed by atoms with Gasteiger partial charge in [-0.1, -0.05) is 6.92 Å². The lowest BCUT2D eigenvalue weighted by atomic mass is 9.70. The minimum absolute atomic E-state index is 0.430. The first-order valence-corrected chi connectivity index (χ1v) is 6.71. The first kappa shape index (κ1) is 9.79. The van der Waals surface area contributed by atoms with Crippen LogP contribution < -0.4 is 5.32 Å². The number of hydrogen-bond donors (Lipinski definition) is 1. The van der Waals surface area contributed by atoms with Crippen LogP contribution >= 0.6 is 11.3 Å². The molecule has 0 radical (unpaired) electrons. The highest BCUT2D eigenvalue weighted by atomic mass is 32.1. The number of aryl methyl sites for hydroxylation is 2. The van der Waals surface area contributed by atoms with E-state index in [0.717, 1.165) is 5.92 Å². The molecule has 2 heterocycles. The van der Waals surface area contributed by atoms with Crippen LogP contribution in [0.2, 0.25) is 0 Å². The van der Waals surface area contributed by atoms with Gasteiger partial charge in [0, 0.05) is 16.8 Å². The van der Waals surface area contributed by atoms with Crippen LogP contribution in [0.3, 0.4) is 0 Å². The molecule has 1 aromatic rings. The average Bonchev–Trinajstić information content (AvgIpc) is 2.73. The van der Waals surface area contributed by atoms with Crippen LogP contribution in [0, 0.1) is 12.8 Å². The number of rotatable bonds is 0. The molecule has 2 nitrogen and oxygen atoms in total. The van der Waals surface area contributed by atoms with Gasteiger partial charge in [-0.15, -0.1) is 11.3 Å². The summed E-state index contributed by atoms with van der Waals surface area (Å²) in [6.45, 7) is 6.88. The van der Waals surface area contributed by atoms with Gasteiger partial charge in [-0.3, -0.25) is 0 Å². The van der Waals surface area contributed by atoms with E-state index in [1.54, 1.807) is 4.88 Å². The van der Waals surface area contributed by atoms with E-state index in [9.17, 15) is 0 Å². The van der Waals surface area contributed by atoms with Gasteiger partial charge >= 0.3 is 0 Å².